The predicted octanol–water partition coefficient (Wildman–Crippen LogP) is 1.35. The molecule has 0 radical (unpaired) electrons. The number of hydrogen-bond donors (Lipinski definition) is 2. The van der Waals surface area contributed by atoms with Crippen LogP contribution < -0.4 is 0 Å². The third kappa shape index (κ3) is 3.37. The van der Waals surface area contributed by atoms with Crippen LogP contribution in [0.5, 0.6) is 0 Å². The van der Waals surface area contributed by atoms with Gasteiger partial charge in [-0.2, -0.15) is 5.10 Å². The van der Waals surface area contributed by atoms with Crippen molar-refractivity contribution in [2.75, 3.05) is 6.54 Å². The summed E-state index contributed by atoms with van der Waals surface area (Å²) in [6, 6.07) is 3.10. The first-order chi connectivity index (χ1) is 11.0. The quantitative estimate of drug-likeness (QED) is 0.890. The highest BCUT2D eigenvalue weighted by Crippen LogP contribution is 2.33. The van der Waals surface area contributed by atoms with Crippen molar-refractivity contribution in [2.45, 2.75) is 31.4 Å². The van der Waals surface area contributed by atoms with E-state index in [1.165, 1.54) is 17.3 Å². The standard InChI is InChI=1S/C15H16F2N4O2/c16-11-2-1-9(5-12(11)17)13-6-10(22)7-21(13)15(23)4-3-14-18-8-19-20-14/h1-2,5,8,10,13,22H,3-4,6-7H2,(H,18,19,20). The van der Waals surface area contributed by atoms with Crippen molar-refractivity contribution in [1.82, 2.24) is 20.1 Å². The van der Waals surface area contributed by atoms with Crippen LogP contribution in [0.4, 0.5) is 8.78 Å². The number of carbonyl (C=O) groups excluding carboxylic acids is 1. The van der Waals surface area contributed by atoms with Gasteiger partial charge in [0.1, 0.15) is 12.2 Å². The molecule has 122 valence electrons. The van der Waals surface area contributed by atoms with Crippen LogP contribution in [0.1, 0.15) is 30.3 Å². The van der Waals surface area contributed by atoms with E-state index in [-0.39, 0.29) is 18.9 Å². The summed E-state index contributed by atoms with van der Waals surface area (Å²) in [5.74, 6) is -1.47. The van der Waals surface area contributed by atoms with Gasteiger partial charge in [-0.15, -0.1) is 0 Å². The Kier molecular flexibility index (Phi) is 4.33. The van der Waals surface area contributed by atoms with Crippen LogP contribution in [-0.4, -0.2) is 43.7 Å². The highest BCUT2D eigenvalue weighted by molar-refractivity contribution is 5.77. The van der Waals surface area contributed by atoms with Crippen LogP contribution in [0.2, 0.25) is 0 Å². The van der Waals surface area contributed by atoms with E-state index in [4.69, 9.17) is 0 Å². The molecule has 1 amide bonds. The number of amides is 1. The number of likely N-dealkylation sites (tertiary alicyclic amines) is 1. The number of aromatic nitrogens is 3. The van der Waals surface area contributed by atoms with Crippen molar-refractivity contribution < 1.29 is 18.7 Å². The number of rotatable bonds is 4. The van der Waals surface area contributed by atoms with Crippen LogP contribution in [-0.2, 0) is 11.2 Å². The van der Waals surface area contributed by atoms with Gasteiger partial charge in [0.15, 0.2) is 11.6 Å². The molecule has 0 spiro atoms. The Balaban J connectivity index is 1.73. The molecule has 1 fully saturated rings. The van der Waals surface area contributed by atoms with Gasteiger partial charge in [0.25, 0.3) is 0 Å². The van der Waals surface area contributed by atoms with E-state index in [0.717, 1.165) is 12.1 Å². The largest absolute Gasteiger partial charge is 0.391 e. The number of β-amino-alcohol motifs (C(OH)–C–C–N with tert-alkyl or cyclic N) is 1. The topological polar surface area (TPSA) is 82.1 Å². The first-order valence-electron chi connectivity index (χ1n) is 7.31. The van der Waals surface area contributed by atoms with Gasteiger partial charge < -0.3 is 10.0 Å². The second kappa shape index (κ2) is 6.41. The van der Waals surface area contributed by atoms with Crippen molar-refractivity contribution in [3.8, 4) is 0 Å². The summed E-state index contributed by atoms with van der Waals surface area (Å²) in [5, 5.41) is 16.3. The van der Waals surface area contributed by atoms with Gasteiger partial charge in [-0.1, -0.05) is 6.07 Å². The average molecular weight is 322 g/mol. The molecule has 8 heteroatoms. The van der Waals surface area contributed by atoms with E-state index < -0.39 is 23.8 Å². The van der Waals surface area contributed by atoms with Gasteiger partial charge in [-0.3, -0.25) is 9.89 Å². The number of aliphatic hydroxyl groups excluding tert-OH is 1. The Morgan fingerprint density at radius 3 is 2.91 bits per heavy atom. The normalized spacial score (nSPS) is 20.9. The first-order valence-corrected chi connectivity index (χ1v) is 7.31. The zero-order chi connectivity index (χ0) is 16.4. The third-order valence-electron chi connectivity index (χ3n) is 3.97. The van der Waals surface area contributed by atoms with Crippen LogP contribution in [0.25, 0.3) is 0 Å². The molecule has 2 atom stereocenters. The fourth-order valence-corrected chi connectivity index (χ4v) is 2.85. The molecule has 1 aromatic heterocycles. The molecule has 3 rings (SSSR count). The third-order valence-corrected chi connectivity index (χ3v) is 3.97. The van der Waals surface area contributed by atoms with Crippen molar-refractivity contribution in [1.29, 1.82) is 0 Å². The van der Waals surface area contributed by atoms with Crippen molar-refractivity contribution in [3.63, 3.8) is 0 Å². The summed E-state index contributed by atoms with van der Waals surface area (Å²) in [7, 11) is 0. The van der Waals surface area contributed by atoms with Crippen molar-refractivity contribution >= 4 is 5.91 Å². The number of hydrogen-bond acceptors (Lipinski definition) is 4. The second-order valence-electron chi connectivity index (χ2n) is 5.56. The fourth-order valence-electron chi connectivity index (χ4n) is 2.85. The average Bonchev–Trinajstić information content (AvgIpc) is 3.17. The summed E-state index contributed by atoms with van der Waals surface area (Å²) in [5.41, 5.74) is 0.480. The summed E-state index contributed by atoms with van der Waals surface area (Å²) >= 11 is 0. The molecule has 2 N–H and O–H groups in total. The molecular formula is C15H16F2N4O2. The predicted molar refractivity (Wildman–Crippen MR) is 76.1 cm³/mol. The van der Waals surface area contributed by atoms with E-state index in [1.54, 1.807) is 0 Å². The Bertz CT molecular complexity index is 693. The minimum atomic E-state index is -0.960. The Labute approximate surface area is 131 Å². The molecule has 2 unspecified atom stereocenters. The van der Waals surface area contributed by atoms with E-state index in [0.29, 0.717) is 24.2 Å². The van der Waals surface area contributed by atoms with Gasteiger partial charge in [-0.25, -0.2) is 13.8 Å². The second-order valence-corrected chi connectivity index (χ2v) is 5.56. The molecule has 2 heterocycles. The van der Waals surface area contributed by atoms with Crippen LogP contribution in [0.3, 0.4) is 0 Å². The SMILES string of the molecule is O=C(CCc1ncn[nH]1)N1CC(O)CC1c1ccc(F)c(F)c1. The number of nitrogens with zero attached hydrogens (tertiary/aromatic N) is 3. The van der Waals surface area contributed by atoms with Crippen LogP contribution in [0.15, 0.2) is 24.5 Å². The Hall–Kier alpha value is -2.35. The summed E-state index contributed by atoms with van der Waals surface area (Å²) in [4.78, 5) is 17.9. The molecule has 0 bridgehead atoms. The molecule has 1 aliphatic heterocycles. The van der Waals surface area contributed by atoms with E-state index in [2.05, 4.69) is 15.2 Å². The number of aliphatic hydroxyl groups is 1. The lowest BCUT2D eigenvalue weighted by Gasteiger charge is -2.24. The number of carbonyl (C=O) groups is 1. The van der Waals surface area contributed by atoms with E-state index in [1.807, 2.05) is 0 Å². The maximum Gasteiger partial charge on any atom is 0.223 e. The minimum Gasteiger partial charge on any atom is -0.391 e. The number of nitrogens with one attached hydrogen (secondary N) is 1. The summed E-state index contributed by atoms with van der Waals surface area (Å²) in [6.45, 7) is 0.179. The lowest BCUT2D eigenvalue weighted by atomic mass is 10.0. The molecule has 1 saturated heterocycles. The highest BCUT2D eigenvalue weighted by Gasteiger charge is 2.35. The monoisotopic (exact) mass is 322 g/mol. The van der Waals surface area contributed by atoms with Gasteiger partial charge in [0, 0.05) is 19.4 Å². The number of aryl methyl sites for hydroxylation is 1. The van der Waals surface area contributed by atoms with E-state index in [9.17, 15) is 18.7 Å². The zero-order valence-corrected chi connectivity index (χ0v) is 12.2. The van der Waals surface area contributed by atoms with Crippen LogP contribution >= 0.6 is 0 Å². The molecule has 1 aromatic carbocycles. The molecular weight excluding hydrogens is 306 g/mol. The number of H-pyrrole nitrogens is 1. The Morgan fingerprint density at radius 2 is 2.22 bits per heavy atom. The molecule has 23 heavy (non-hydrogen) atoms. The number of benzene rings is 1. The number of aromatic amines is 1. The fraction of sp³-hybridized carbons (Fsp3) is 0.400. The maximum atomic E-state index is 13.4. The van der Waals surface area contributed by atoms with Gasteiger partial charge in [0.05, 0.1) is 12.1 Å². The summed E-state index contributed by atoms with van der Waals surface area (Å²) < 4.78 is 26.5. The smallest absolute Gasteiger partial charge is 0.223 e. The van der Waals surface area contributed by atoms with Crippen molar-refractivity contribution in [3.05, 3.63) is 47.5 Å². The molecule has 1 aliphatic rings. The first kappa shape index (κ1) is 15.5. The highest BCUT2D eigenvalue weighted by atomic mass is 19.2. The van der Waals surface area contributed by atoms with Gasteiger partial charge in [-0.05, 0) is 24.1 Å². The molecule has 0 aliphatic carbocycles. The minimum absolute atomic E-state index is 0.173. The maximum absolute atomic E-state index is 13.4. The summed E-state index contributed by atoms with van der Waals surface area (Å²) in [6.07, 6.45) is 1.59. The lowest BCUT2D eigenvalue weighted by molar-refractivity contribution is -0.132. The van der Waals surface area contributed by atoms with Gasteiger partial charge in [0.2, 0.25) is 5.91 Å². The molecule has 2 aromatic rings. The Morgan fingerprint density at radius 1 is 1.39 bits per heavy atom. The van der Waals surface area contributed by atoms with Gasteiger partial charge >= 0.3 is 0 Å². The molecule has 6 nitrogen and oxygen atoms in total. The van der Waals surface area contributed by atoms with E-state index >= 15 is 0 Å². The number of halogens is 2. The van der Waals surface area contributed by atoms with Crippen molar-refractivity contribution in [2.24, 2.45) is 0 Å². The molecule has 0 saturated carbocycles. The zero-order valence-electron chi connectivity index (χ0n) is 12.2. The lowest BCUT2D eigenvalue weighted by Crippen LogP contribution is -2.32. The van der Waals surface area contributed by atoms with Crippen LogP contribution in [0, 0.1) is 11.6 Å².